The van der Waals surface area contributed by atoms with Crippen molar-refractivity contribution in [1.82, 2.24) is 4.57 Å². The van der Waals surface area contributed by atoms with Crippen LogP contribution in [0.1, 0.15) is 5.69 Å². The van der Waals surface area contributed by atoms with Gasteiger partial charge in [-0.05, 0) is 6.07 Å². The molecule has 0 saturated carbocycles. The van der Waals surface area contributed by atoms with E-state index in [2.05, 4.69) is 0 Å². The lowest BCUT2D eigenvalue weighted by molar-refractivity contribution is 0.178. The number of hydrogen-bond acceptors (Lipinski definition) is 2. The fourth-order valence-corrected chi connectivity index (χ4v) is 0.899. The Morgan fingerprint density at radius 3 is 2.91 bits per heavy atom. The molecule has 1 aromatic rings. The quantitative estimate of drug-likeness (QED) is 0.620. The maximum atomic E-state index is 11.0. The predicted octanol–water partition coefficient (Wildman–Crippen LogP) is 0.532. The normalized spacial score (nSPS) is 10.0. The minimum Gasteiger partial charge on any atom is -0.378 e. The molecule has 0 N–H and O–H groups in total. The first kappa shape index (κ1) is 8.01. The molecule has 0 amide bonds. The smallest absolute Gasteiger partial charge is 0.250 e. The summed E-state index contributed by atoms with van der Waals surface area (Å²) in [6.07, 6.45) is 0. The molecule has 0 atom stereocenters. The van der Waals surface area contributed by atoms with Gasteiger partial charge in [-0.1, -0.05) is 6.07 Å². The molecule has 1 heterocycles. The Labute approximate surface area is 65.2 Å². The minimum absolute atomic E-state index is 0.000417. The summed E-state index contributed by atoms with van der Waals surface area (Å²) in [6.45, 7) is 0.479. The molecular formula is C8H11NO2. The molecule has 11 heavy (non-hydrogen) atoms. The SMILES string of the molecule is COCc1cccc(=O)n1C. The van der Waals surface area contributed by atoms with E-state index in [0.717, 1.165) is 5.69 Å². The lowest BCUT2D eigenvalue weighted by Gasteiger charge is -2.04. The van der Waals surface area contributed by atoms with E-state index in [-0.39, 0.29) is 5.56 Å². The Morgan fingerprint density at radius 2 is 2.27 bits per heavy atom. The molecule has 0 spiro atoms. The number of rotatable bonds is 2. The van der Waals surface area contributed by atoms with Gasteiger partial charge in [0, 0.05) is 25.9 Å². The van der Waals surface area contributed by atoms with E-state index in [0.29, 0.717) is 6.61 Å². The van der Waals surface area contributed by atoms with Crippen LogP contribution in [0.3, 0.4) is 0 Å². The first-order valence-electron chi connectivity index (χ1n) is 3.39. The van der Waals surface area contributed by atoms with Crippen LogP contribution in [0.5, 0.6) is 0 Å². The molecule has 0 aromatic carbocycles. The number of hydrogen-bond donors (Lipinski definition) is 0. The first-order chi connectivity index (χ1) is 5.25. The number of nitrogens with zero attached hydrogens (tertiary/aromatic N) is 1. The zero-order valence-electron chi connectivity index (χ0n) is 6.70. The maximum absolute atomic E-state index is 11.0. The lowest BCUT2D eigenvalue weighted by Crippen LogP contribution is -2.18. The zero-order valence-corrected chi connectivity index (χ0v) is 6.70. The minimum atomic E-state index is -0.000417. The topological polar surface area (TPSA) is 31.2 Å². The summed E-state index contributed by atoms with van der Waals surface area (Å²) in [5.41, 5.74) is 0.888. The van der Waals surface area contributed by atoms with Crippen molar-refractivity contribution < 1.29 is 4.74 Å². The summed E-state index contributed by atoms with van der Waals surface area (Å²) in [7, 11) is 3.34. The van der Waals surface area contributed by atoms with Crippen molar-refractivity contribution in [3.8, 4) is 0 Å². The third-order valence-corrected chi connectivity index (χ3v) is 1.58. The summed E-state index contributed by atoms with van der Waals surface area (Å²) in [5, 5.41) is 0. The van der Waals surface area contributed by atoms with E-state index >= 15 is 0 Å². The molecule has 3 heteroatoms. The summed E-state index contributed by atoms with van der Waals surface area (Å²) >= 11 is 0. The van der Waals surface area contributed by atoms with Crippen LogP contribution in [0.2, 0.25) is 0 Å². The predicted molar refractivity (Wildman–Crippen MR) is 42.4 cm³/mol. The first-order valence-corrected chi connectivity index (χ1v) is 3.39. The van der Waals surface area contributed by atoms with Crippen LogP contribution in [0.25, 0.3) is 0 Å². The average Bonchev–Trinajstić information content (AvgIpc) is 1.99. The van der Waals surface area contributed by atoms with Crippen LogP contribution < -0.4 is 5.56 Å². The number of pyridine rings is 1. The summed E-state index contributed by atoms with van der Waals surface area (Å²) in [5.74, 6) is 0. The molecule has 60 valence electrons. The van der Waals surface area contributed by atoms with Gasteiger partial charge in [0.15, 0.2) is 0 Å². The standard InChI is InChI=1S/C8H11NO2/c1-9-7(6-11-2)4-3-5-8(9)10/h3-5H,6H2,1-2H3. The molecule has 3 nitrogen and oxygen atoms in total. The van der Waals surface area contributed by atoms with E-state index in [4.69, 9.17) is 4.74 Å². The van der Waals surface area contributed by atoms with Crippen LogP contribution in [0, 0.1) is 0 Å². The second kappa shape index (κ2) is 3.34. The van der Waals surface area contributed by atoms with Crippen molar-refractivity contribution in [2.75, 3.05) is 7.11 Å². The molecule has 0 unspecified atom stereocenters. The van der Waals surface area contributed by atoms with Crippen molar-refractivity contribution in [3.05, 3.63) is 34.2 Å². The highest BCUT2D eigenvalue weighted by atomic mass is 16.5. The number of methoxy groups -OCH3 is 1. The highest BCUT2D eigenvalue weighted by Crippen LogP contribution is 1.94. The lowest BCUT2D eigenvalue weighted by atomic mass is 10.3. The summed E-state index contributed by atoms with van der Waals surface area (Å²) in [6, 6.07) is 5.13. The second-order valence-corrected chi connectivity index (χ2v) is 2.35. The second-order valence-electron chi connectivity index (χ2n) is 2.35. The van der Waals surface area contributed by atoms with Gasteiger partial charge in [0.25, 0.3) is 5.56 Å². The van der Waals surface area contributed by atoms with Crippen LogP contribution in [-0.4, -0.2) is 11.7 Å². The van der Waals surface area contributed by atoms with E-state index in [1.165, 1.54) is 6.07 Å². The molecular weight excluding hydrogens is 142 g/mol. The van der Waals surface area contributed by atoms with Gasteiger partial charge in [0.2, 0.25) is 0 Å². The molecule has 0 bridgehead atoms. The van der Waals surface area contributed by atoms with Crippen molar-refractivity contribution in [2.24, 2.45) is 7.05 Å². The van der Waals surface area contributed by atoms with E-state index in [1.807, 2.05) is 6.07 Å². The van der Waals surface area contributed by atoms with Gasteiger partial charge in [-0.2, -0.15) is 0 Å². The Morgan fingerprint density at radius 1 is 1.55 bits per heavy atom. The molecule has 0 saturated heterocycles. The molecule has 0 fully saturated rings. The van der Waals surface area contributed by atoms with Crippen molar-refractivity contribution in [1.29, 1.82) is 0 Å². The molecule has 0 radical (unpaired) electrons. The van der Waals surface area contributed by atoms with Gasteiger partial charge in [-0.25, -0.2) is 0 Å². The average molecular weight is 153 g/mol. The van der Waals surface area contributed by atoms with Crippen LogP contribution >= 0.6 is 0 Å². The van der Waals surface area contributed by atoms with Crippen molar-refractivity contribution in [3.63, 3.8) is 0 Å². The third kappa shape index (κ3) is 1.68. The monoisotopic (exact) mass is 153 g/mol. The highest BCUT2D eigenvalue weighted by molar-refractivity contribution is 5.04. The third-order valence-electron chi connectivity index (χ3n) is 1.58. The number of ether oxygens (including phenoxy) is 1. The maximum Gasteiger partial charge on any atom is 0.250 e. The van der Waals surface area contributed by atoms with Gasteiger partial charge < -0.3 is 9.30 Å². The molecule has 0 aliphatic rings. The largest absolute Gasteiger partial charge is 0.378 e. The summed E-state index contributed by atoms with van der Waals surface area (Å²) < 4.78 is 6.48. The Hall–Kier alpha value is -1.09. The fourth-order valence-electron chi connectivity index (χ4n) is 0.899. The van der Waals surface area contributed by atoms with Gasteiger partial charge in [-0.15, -0.1) is 0 Å². The van der Waals surface area contributed by atoms with E-state index in [9.17, 15) is 4.79 Å². The Kier molecular flexibility index (Phi) is 2.44. The van der Waals surface area contributed by atoms with Gasteiger partial charge >= 0.3 is 0 Å². The van der Waals surface area contributed by atoms with Gasteiger partial charge in [0.05, 0.1) is 6.61 Å². The zero-order chi connectivity index (χ0) is 8.27. The van der Waals surface area contributed by atoms with Gasteiger partial charge in [0.1, 0.15) is 0 Å². The van der Waals surface area contributed by atoms with Gasteiger partial charge in [-0.3, -0.25) is 4.79 Å². The fraction of sp³-hybridized carbons (Fsp3) is 0.375. The van der Waals surface area contributed by atoms with Crippen LogP contribution in [0.4, 0.5) is 0 Å². The highest BCUT2D eigenvalue weighted by Gasteiger charge is 1.95. The van der Waals surface area contributed by atoms with Crippen molar-refractivity contribution in [2.45, 2.75) is 6.61 Å². The van der Waals surface area contributed by atoms with Crippen LogP contribution in [0.15, 0.2) is 23.0 Å². The Bertz CT molecular complexity index is 290. The van der Waals surface area contributed by atoms with E-state index in [1.54, 1.807) is 24.8 Å². The van der Waals surface area contributed by atoms with Crippen LogP contribution in [-0.2, 0) is 18.4 Å². The molecule has 1 rings (SSSR count). The molecule has 1 aromatic heterocycles. The number of aromatic nitrogens is 1. The van der Waals surface area contributed by atoms with Crippen molar-refractivity contribution >= 4 is 0 Å². The Balaban J connectivity index is 3.06. The summed E-state index contributed by atoms with van der Waals surface area (Å²) in [4.78, 5) is 11.0. The molecule has 0 aliphatic carbocycles. The molecule has 0 aliphatic heterocycles. The van der Waals surface area contributed by atoms with E-state index < -0.39 is 0 Å².